The van der Waals surface area contributed by atoms with Gasteiger partial charge in [0.25, 0.3) is 0 Å². The van der Waals surface area contributed by atoms with E-state index in [0.29, 0.717) is 5.92 Å². The molecule has 23 heavy (non-hydrogen) atoms. The van der Waals surface area contributed by atoms with E-state index in [-0.39, 0.29) is 16.5 Å². The van der Waals surface area contributed by atoms with E-state index in [9.17, 15) is 0 Å². The molecule has 0 aliphatic heterocycles. The van der Waals surface area contributed by atoms with Gasteiger partial charge in [0.1, 0.15) is 0 Å². The molecule has 4 heteroatoms. The van der Waals surface area contributed by atoms with E-state index in [1.165, 1.54) is 0 Å². The third-order valence-corrected chi connectivity index (χ3v) is 9.80. The highest BCUT2D eigenvalue weighted by molar-refractivity contribution is 14.1. The van der Waals surface area contributed by atoms with Crippen molar-refractivity contribution in [3.8, 4) is 11.8 Å². The number of hydrogen-bond donors (Lipinski definition) is 0. The third-order valence-electron chi connectivity index (χ3n) is 4.31. The summed E-state index contributed by atoms with van der Waals surface area (Å²) >= 11 is 8.17. The molecule has 1 fully saturated rings. The molecular weight excluding hydrogens is 435 g/mol. The van der Waals surface area contributed by atoms with Crippen molar-refractivity contribution in [2.24, 2.45) is 5.92 Å². The van der Waals surface area contributed by atoms with Crippen molar-refractivity contribution < 1.29 is 4.43 Å². The van der Waals surface area contributed by atoms with Crippen LogP contribution in [0, 0.1) is 17.8 Å². The van der Waals surface area contributed by atoms with E-state index >= 15 is 0 Å². The van der Waals surface area contributed by atoms with E-state index in [0.717, 1.165) is 12.8 Å². The molecule has 0 N–H and O–H groups in total. The van der Waals surface area contributed by atoms with Crippen LogP contribution in [-0.2, 0) is 4.43 Å². The van der Waals surface area contributed by atoms with Gasteiger partial charge in [-0.3, -0.25) is 0 Å². The van der Waals surface area contributed by atoms with Gasteiger partial charge in [0.05, 0.1) is 6.10 Å². The second-order valence-electron chi connectivity index (χ2n) is 7.40. The summed E-state index contributed by atoms with van der Waals surface area (Å²) in [6.45, 7) is 11.4. The molecular formula is C19H28ClIOSi. The molecule has 0 amide bonds. The Bertz CT molecular complexity index is 520. The summed E-state index contributed by atoms with van der Waals surface area (Å²) in [6.07, 6.45) is 12.2. The molecule has 0 aromatic heterocycles. The minimum absolute atomic E-state index is 0.121. The molecule has 0 saturated heterocycles. The molecule has 1 aliphatic rings. The molecule has 0 aromatic carbocycles. The van der Waals surface area contributed by atoms with Crippen molar-refractivity contribution in [1.82, 2.24) is 0 Å². The fourth-order valence-corrected chi connectivity index (χ4v) is 3.50. The van der Waals surface area contributed by atoms with Crippen molar-refractivity contribution in [3.05, 3.63) is 34.5 Å². The van der Waals surface area contributed by atoms with Crippen LogP contribution in [0.1, 0.15) is 33.6 Å². The van der Waals surface area contributed by atoms with Crippen LogP contribution in [0.5, 0.6) is 0 Å². The van der Waals surface area contributed by atoms with Crippen LogP contribution >= 0.6 is 34.2 Å². The van der Waals surface area contributed by atoms with Crippen molar-refractivity contribution in [2.45, 2.75) is 63.2 Å². The van der Waals surface area contributed by atoms with E-state index < -0.39 is 8.32 Å². The van der Waals surface area contributed by atoms with Crippen LogP contribution in [0.3, 0.4) is 0 Å². The standard InChI is InChI=1S/C19H28ClIOSi/c1-19(2,3)23(4,5)22-17(13-10-14-21)12-9-7-6-8-11-16-15-18(16)20/h6-7,9-10,12,14,16-18H,13,15H2,1-5H3/b7-6+,12-9+,14-10+/t16-,17+,18-/m1/s1. The van der Waals surface area contributed by atoms with Gasteiger partial charge < -0.3 is 4.43 Å². The Morgan fingerprint density at radius 1 is 1.35 bits per heavy atom. The summed E-state index contributed by atoms with van der Waals surface area (Å²) in [4.78, 5) is 0. The maximum atomic E-state index is 6.48. The number of rotatable bonds is 6. The van der Waals surface area contributed by atoms with Crippen LogP contribution in [-0.4, -0.2) is 19.8 Å². The van der Waals surface area contributed by atoms with Crippen molar-refractivity contribution >= 4 is 42.5 Å². The zero-order valence-electron chi connectivity index (χ0n) is 14.8. The first-order valence-corrected chi connectivity index (χ1v) is 12.7. The molecule has 0 bridgehead atoms. The summed E-state index contributed by atoms with van der Waals surface area (Å²) in [7, 11) is -1.76. The molecule has 3 atom stereocenters. The maximum absolute atomic E-state index is 6.48. The molecule has 0 unspecified atom stereocenters. The maximum Gasteiger partial charge on any atom is 0.192 e. The lowest BCUT2D eigenvalue weighted by Gasteiger charge is -2.38. The van der Waals surface area contributed by atoms with Gasteiger partial charge in [0, 0.05) is 11.3 Å². The number of alkyl halides is 1. The average Bonchev–Trinajstić information content (AvgIpc) is 3.13. The molecule has 1 nitrogen and oxygen atoms in total. The smallest absolute Gasteiger partial charge is 0.192 e. The summed E-state index contributed by atoms with van der Waals surface area (Å²) in [5.41, 5.74) is 0. The second-order valence-corrected chi connectivity index (χ2v) is 13.4. The van der Waals surface area contributed by atoms with Crippen LogP contribution in [0.15, 0.2) is 34.5 Å². The number of halogens is 2. The van der Waals surface area contributed by atoms with Crippen molar-refractivity contribution in [1.29, 1.82) is 0 Å². The fraction of sp³-hybridized carbons (Fsp3) is 0.579. The van der Waals surface area contributed by atoms with Crippen LogP contribution < -0.4 is 0 Å². The summed E-state index contributed by atoms with van der Waals surface area (Å²) < 4.78 is 8.53. The van der Waals surface area contributed by atoms with Gasteiger partial charge in [-0.15, -0.1) is 11.6 Å². The monoisotopic (exact) mass is 462 g/mol. The first-order valence-electron chi connectivity index (χ1n) is 8.09. The molecule has 1 aliphatic carbocycles. The molecule has 0 aromatic rings. The zero-order valence-corrected chi connectivity index (χ0v) is 18.7. The van der Waals surface area contributed by atoms with Gasteiger partial charge in [-0.05, 0) is 41.1 Å². The summed E-state index contributed by atoms with van der Waals surface area (Å²) in [5.74, 6) is 6.60. The van der Waals surface area contributed by atoms with Gasteiger partial charge in [-0.1, -0.05) is 79.5 Å². The summed E-state index contributed by atoms with van der Waals surface area (Å²) in [5, 5.41) is 0.491. The topological polar surface area (TPSA) is 9.23 Å². The van der Waals surface area contributed by atoms with Gasteiger partial charge >= 0.3 is 0 Å². The lowest BCUT2D eigenvalue weighted by Crippen LogP contribution is -2.43. The Hall–Kier alpha value is -0.0231. The Morgan fingerprint density at radius 3 is 2.52 bits per heavy atom. The average molecular weight is 463 g/mol. The first kappa shape index (κ1) is 21.0. The minimum atomic E-state index is -1.76. The molecule has 0 heterocycles. The Balaban J connectivity index is 2.60. The van der Waals surface area contributed by atoms with E-state index in [4.69, 9.17) is 16.0 Å². The lowest BCUT2D eigenvalue weighted by molar-refractivity contribution is 0.228. The predicted molar refractivity (Wildman–Crippen MR) is 114 cm³/mol. The van der Waals surface area contributed by atoms with Crippen LogP contribution in [0.4, 0.5) is 0 Å². The quantitative estimate of drug-likeness (QED) is 0.145. The highest BCUT2D eigenvalue weighted by Gasteiger charge is 2.38. The molecule has 0 radical (unpaired) electrons. The minimum Gasteiger partial charge on any atom is -0.410 e. The van der Waals surface area contributed by atoms with E-state index in [1.54, 1.807) is 0 Å². The number of hydrogen-bond acceptors (Lipinski definition) is 1. The fourth-order valence-electron chi connectivity index (χ4n) is 1.67. The molecule has 128 valence electrons. The Morgan fingerprint density at radius 2 is 2.00 bits per heavy atom. The van der Waals surface area contributed by atoms with Crippen molar-refractivity contribution in [2.75, 3.05) is 0 Å². The highest BCUT2D eigenvalue weighted by atomic mass is 127. The van der Waals surface area contributed by atoms with Gasteiger partial charge in [-0.25, -0.2) is 0 Å². The van der Waals surface area contributed by atoms with E-state index in [1.807, 2.05) is 22.3 Å². The van der Waals surface area contributed by atoms with E-state index in [2.05, 4.69) is 80.4 Å². The number of allylic oxidation sites excluding steroid dienone is 3. The van der Waals surface area contributed by atoms with Gasteiger partial charge in [-0.2, -0.15) is 0 Å². The SMILES string of the molecule is CC(C)(C)[Si](C)(C)O[C@@H](/C=C/C=C/C#C[C@@H]1C[C@H]1Cl)C/C=C/I. The largest absolute Gasteiger partial charge is 0.410 e. The Labute approximate surface area is 161 Å². The van der Waals surface area contributed by atoms with Crippen LogP contribution in [0.2, 0.25) is 18.1 Å². The third kappa shape index (κ3) is 8.06. The predicted octanol–water partition coefficient (Wildman–Crippen LogP) is 6.46. The first-order chi connectivity index (χ1) is 10.7. The molecule has 1 saturated carbocycles. The second kappa shape index (κ2) is 9.46. The Kier molecular flexibility index (Phi) is 8.64. The molecule has 0 spiro atoms. The highest BCUT2D eigenvalue weighted by Crippen LogP contribution is 2.38. The normalized spacial score (nSPS) is 23.4. The summed E-state index contributed by atoms with van der Waals surface area (Å²) in [6, 6.07) is 0. The van der Waals surface area contributed by atoms with Gasteiger partial charge in [0.15, 0.2) is 8.32 Å². The zero-order chi connectivity index (χ0) is 17.5. The van der Waals surface area contributed by atoms with Crippen molar-refractivity contribution in [3.63, 3.8) is 0 Å². The molecule has 1 rings (SSSR count). The lowest BCUT2D eigenvalue weighted by atomic mass is 10.2. The van der Waals surface area contributed by atoms with Gasteiger partial charge in [0.2, 0.25) is 0 Å². The van der Waals surface area contributed by atoms with Crippen LogP contribution in [0.25, 0.3) is 0 Å².